The maximum absolute atomic E-state index is 13.7. The summed E-state index contributed by atoms with van der Waals surface area (Å²) in [6.45, 7) is 0.00779. The van der Waals surface area contributed by atoms with Crippen LogP contribution in [0.3, 0.4) is 0 Å². The van der Waals surface area contributed by atoms with E-state index in [-0.39, 0.29) is 23.8 Å². The third-order valence-electron chi connectivity index (χ3n) is 3.07. The monoisotopic (exact) mass is 346 g/mol. The highest BCUT2D eigenvalue weighted by molar-refractivity contribution is 6.30. The van der Waals surface area contributed by atoms with Crippen LogP contribution >= 0.6 is 11.6 Å². The van der Waals surface area contributed by atoms with Crippen molar-refractivity contribution in [2.45, 2.75) is 6.54 Å². The van der Waals surface area contributed by atoms with E-state index in [9.17, 15) is 9.18 Å². The van der Waals surface area contributed by atoms with E-state index in [0.29, 0.717) is 10.7 Å². The SMILES string of the molecule is O=C(NCc1nc(-c2ccccc2F)no1)Nc1cccc(Cl)c1. The smallest absolute Gasteiger partial charge is 0.319 e. The number of carbonyl (C=O) groups is 1. The molecule has 0 bridgehead atoms. The Balaban J connectivity index is 1.59. The topological polar surface area (TPSA) is 80.1 Å². The number of rotatable bonds is 4. The summed E-state index contributed by atoms with van der Waals surface area (Å²) >= 11 is 5.84. The van der Waals surface area contributed by atoms with Gasteiger partial charge in [0.2, 0.25) is 11.7 Å². The summed E-state index contributed by atoms with van der Waals surface area (Å²) in [4.78, 5) is 15.9. The Morgan fingerprint density at radius 1 is 1.21 bits per heavy atom. The molecule has 2 amide bonds. The Bertz CT molecular complexity index is 869. The van der Waals surface area contributed by atoms with Crippen molar-refractivity contribution >= 4 is 23.3 Å². The Hall–Kier alpha value is -2.93. The zero-order valence-corrected chi connectivity index (χ0v) is 13.0. The first-order valence-corrected chi connectivity index (χ1v) is 7.37. The molecule has 0 aliphatic rings. The van der Waals surface area contributed by atoms with Gasteiger partial charge in [0.1, 0.15) is 5.82 Å². The number of nitrogens with zero attached hydrogens (tertiary/aromatic N) is 2. The van der Waals surface area contributed by atoms with Gasteiger partial charge in [-0.25, -0.2) is 9.18 Å². The number of hydrogen-bond acceptors (Lipinski definition) is 4. The lowest BCUT2D eigenvalue weighted by Crippen LogP contribution is -2.28. The summed E-state index contributed by atoms with van der Waals surface area (Å²) in [6, 6.07) is 12.4. The number of amides is 2. The molecule has 0 aliphatic heterocycles. The van der Waals surface area contributed by atoms with Crippen molar-refractivity contribution in [3.05, 3.63) is 65.3 Å². The standard InChI is InChI=1S/C16H12ClFN4O2/c17-10-4-3-5-11(8-10)20-16(23)19-9-14-21-15(22-24-14)12-6-1-2-7-13(12)18/h1-8H,9H2,(H2,19,20,23). The minimum absolute atomic E-state index is 0.00779. The first-order chi connectivity index (χ1) is 11.6. The quantitative estimate of drug-likeness (QED) is 0.752. The number of halogens is 2. The molecule has 2 N–H and O–H groups in total. The fourth-order valence-electron chi connectivity index (χ4n) is 1.98. The lowest BCUT2D eigenvalue weighted by atomic mass is 10.2. The number of urea groups is 1. The molecule has 0 atom stereocenters. The average Bonchev–Trinajstić information content (AvgIpc) is 3.02. The zero-order chi connectivity index (χ0) is 16.9. The largest absolute Gasteiger partial charge is 0.337 e. The van der Waals surface area contributed by atoms with Gasteiger partial charge >= 0.3 is 6.03 Å². The van der Waals surface area contributed by atoms with Crippen molar-refractivity contribution in [3.8, 4) is 11.4 Å². The summed E-state index contributed by atoms with van der Waals surface area (Å²) in [5.41, 5.74) is 0.786. The predicted molar refractivity (Wildman–Crippen MR) is 87.0 cm³/mol. The van der Waals surface area contributed by atoms with Crippen LogP contribution in [-0.2, 0) is 6.54 Å². The van der Waals surface area contributed by atoms with E-state index < -0.39 is 11.8 Å². The molecule has 0 aliphatic carbocycles. The molecule has 8 heteroatoms. The molecule has 0 saturated heterocycles. The fourth-order valence-corrected chi connectivity index (χ4v) is 2.17. The van der Waals surface area contributed by atoms with Crippen LogP contribution in [0.25, 0.3) is 11.4 Å². The van der Waals surface area contributed by atoms with E-state index in [1.54, 1.807) is 42.5 Å². The van der Waals surface area contributed by atoms with Crippen LogP contribution in [0.2, 0.25) is 5.02 Å². The molecule has 122 valence electrons. The van der Waals surface area contributed by atoms with Crippen molar-refractivity contribution in [1.82, 2.24) is 15.5 Å². The van der Waals surface area contributed by atoms with Crippen LogP contribution in [0, 0.1) is 5.82 Å². The molecular formula is C16H12ClFN4O2. The van der Waals surface area contributed by atoms with Gasteiger partial charge < -0.3 is 15.2 Å². The van der Waals surface area contributed by atoms with Gasteiger partial charge in [-0.15, -0.1) is 0 Å². The van der Waals surface area contributed by atoms with E-state index in [2.05, 4.69) is 20.8 Å². The van der Waals surface area contributed by atoms with Gasteiger partial charge in [-0.05, 0) is 30.3 Å². The molecule has 1 aromatic heterocycles. The second-order valence-corrected chi connectivity index (χ2v) is 5.25. The van der Waals surface area contributed by atoms with Gasteiger partial charge in [-0.1, -0.05) is 35.0 Å². The van der Waals surface area contributed by atoms with Crippen molar-refractivity contribution in [2.24, 2.45) is 0 Å². The average molecular weight is 347 g/mol. The molecule has 3 aromatic rings. The van der Waals surface area contributed by atoms with Gasteiger partial charge in [0.15, 0.2) is 0 Å². The molecule has 0 saturated carbocycles. The highest BCUT2D eigenvalue weighted by Crippen LogP contribution is 2.19. The number of aromatic nitrogens is 2. The number of carbonyl (C=O) groups excluding carboxylic acids is 1. The Morgan fingerprint density at radius 3 is 2.83 bits per heavy atom. The van der Waals surface area contributed by atoms with Crippen molar-refractivity contribution in [3.63, 3.8) is 0 Å². The third-order valence-corrected chi connectivity index (χ3v) is 3.30. The van der Waals surface area contributed by atoms with Gasteiger partial charge in [0.05, 0.1) is 12.1 Å². The number of benzene rings is 2. The van der Waals surface area contributed by atoms with Crippen molar-refractivity contribution in [1.29, 1.82) is 0 Å². The van der Waals surface area contributed by atoms with E-state index in [4.69, 9.17) is 16.1 Å². The Morgan fingerprint density at radius 2 is 2.04 bits per heavy atom. The summed E-state index contributed by atoms with van der Waals surface area (Å²) < 4.78 is 18.7. The lowest BCUT2D eigenvalue weighted by Gasteiger charge is -2.05. The first-order valence-electron chi connectivity index (χ1n) is 7.00. The maximum atomic E-state index is 13.7. The highest BCUT2D eigenvalue weighted by atomic mass is 35.5. The van der Waals surface area contributed by atoms with E-state index >= 15 is 0 Å². The summed E-state index contributed by atoms with van der Waals surface area (Å²) in [5.74, 6) is -0.161. The van der Waals surface area contributed by atoms with E-state index in [1.807, 2.05) is 0 Å². The van der Waals surface area contributed by atoms with Crippen LogP contribution in [0.15, 0.2) is 53.1 Å². The highest BCUT2D eigenvalue weighted by Gasteiger charge is 2.13. The molecule has 3 rings (SSSR count). The summed E-state index contributed by atoms with van der Waals surface area (Å²) in [7, 11) is 0. The minimum Gasteiger partial charge on any atom is -0.337 e. The lowest BCUT2D eigenvalue weighted by molar-refractivity contribution is 0.249. The van der Waals surface area contributed by atoms with Crippen molar-refractivity contribution in [2.75, 3.05) is 5.32 Å². The predicted octanol–water partition coefficient (Wildman–Crippen LogP) is 3.85. The molecular weight excluding hydrogens is 335 g/mol. The Kier molecular flexibility index (Phi) is 4.72. The Labute approximate surface area is 141 Å². The van der Waals surface area contributed by atoms with Gasteiger partial charge in [-0.2, -0.15) is 4.98 Å². The summed E-state index contributed by atoms with van der Waals surface area (Å²) in [5, 5.41) is 9.40. The van der Waals surface area contributed by atoms with Crippen LogP contribution in [0.4, 0.5) is 14.9 Å². The van der Waals surface area contributed by atoms with Crippen LogP contribution in [-0.4, -0.2) is 16.2 Å². The maximum Gasteiger partial charge on any atom is 0.319 e. The summed E-state index contributed by atoms with van der Waals surface area (Å²) in [6.07, 6.45) is 0. The van der Waals surface area contributed by atoms with Gasteiger partial charge in [0.25, 0.3) is 0 Å². The van der Waals surface area contributed by atoms with Crippen LogP contribution < -0.4 is 10.6 Å². The minimum atomic E-state index is -0.456. The van der Waals surface area contributed by atoms with Gasteiger partial charge in [0, 0.05) is 10.7 Å². The van der Waals surface area contributed by atoms with Crippen LogP contribution in [0.1, 0.15) is 5.89 Å². The second kappa shape index (κ2) is 7.10. The molecule has 0 unspecified atom stereocenters. The molecule has 0 fully saturated rings. The molecule has 0 radical (unpaired) electrons. The van der Waals surface area contributed by atoms with E-state index in [1.165, 1.54) is 6.07 Å². The molecule has 6 nitrogen and oxygen atoms in total. The second-order valence-electron chi connectivity index (χ2n) is 4.81. The molecule has 1 heterocycles. The number of nitrogens with one attached hydrogen (secondary N) is 2. The van der Waals surface area contributed by atoms with Gasteiger partial charge in [-0.3, -0.25) is 0 Å². The van der Waals surface area contributed by atoms with Crippen LogP contribution in [0.5, 0.6) is 0 Å². The molecule has 0 spiro atoms. The fraction of sp³-hybridized carbons (Fsp3) is 0.0625. The van der Waals surface area contributed by atoms with E-state index in [0.717, 1.165) is 0 Å². The number of anilines is 1. The first kappa shape index (κ1) is 15.9. The number of hydrogen-bond donors (Lipinski definition) is 2. The van der Waals surface area contributed by atoms with Crippen molar-refractivity contribution < 1.29 is 13.7 Å². The molecule has 24 heavy (non-hydrogen) atoms. The normalized spacial score (nSPS) is 10.4. The zero-order valence-electron chi connectivity index (χ0n) is 12.3. The molecule has 2 aromatic carbocycles. The third kappa shape index (κ3) is 3.88.